The van der Waals surface area contributed by atoms with E-state index in [2.05, 4.69) is 31.9 Å². The van der Waals surface area contributed by atoms with Crippen LogP contribution in [0.5, 0.6) is 5.75 Å². The number of carbonyl (C=O) groups is 1. The van der Waals surface area contributed by atoms with Crippen LogP contribution in [0.4, 0.5) is 0 Å². The Hall–Kier alpha value is -1.91. The summed E-state index contributed by atoms with van der Waals surface area (Å²) in [6.07, 6.45) is 0. The number of ether oxygens (including phenoxy) is 1. The van der Waals surface area contributed by atoms with Crippen LogP contribution in [0.1, 0.15) is 10.4 Å². The zero-order valence-electron chi connectivity index (χ0n) is 12.0. The maximum Gasteiger partial charge on any atom is 0.343 e. The molecule has 0 fully saturated rings. The van der Waals surface area contributed by atoms with Crippen molar-refractivity contribution in [3.63, 3.8) is 0 Å². The molecule has 0 aliphatic rings. The van der Waals surface area contributed by atoms with Crippen molar-refractivity contribution in [2.24, 2.45) is 0 Å². The van der Waals surface area contributed by atoms with Crippen LogP contribution >= 0.6 is 31.9 Å². The molecule has 0 bridgehead atoms. The van der Waals surface area contributed by atoms with E-state index in [9.17, 15) is 4.79 Å². The second kappa shape index (κ2) is 7.11. The summed E-state index contributed by atoms with van der Waals surface area (Å²) in [5.41, 5.74) is 2.69. The minimum Gasteiger partial charge on any atom is -0.422 e. The Kier molecular flexibility index (Phi) is 4.94. The number of halogens is 2. The van der Waals surface area contributed by atoms with Gasteiger partial charge in [0, 0.05) is 4.47 Å². The van der Waals surface area contributed by atoms with E-state index in [1.165, 1.54) is 0 Å². The van der Waals surface area contributed by atoms with E-state index < -0.39 is 0 Å². The van der Waals surface area contributed by atoms with Crippen LogP contribution in [0.3, 0.4) is 0 Å². The molecule has 0 aliphatic carbocycles. The standard InChI is InChI=1S/C19H12Br2O2/c20-16-10-11-18(17(21)12-16)23-19(22)15-8-6-14(7-9-15)13-4-2-1-3-5-13/h1-12H. The van der Waals surface area contributed by atoms with Gasteiger partial charge >= 0.3 is 5.97 Å². The molecule has 0 radical (unpaired) electrons. The SMILES string of the molecule is O=C(Oc1ccc(Br)cc1Br)c1ccc(-c2ccccc2)cc1. The molecule has 0 heterocycles. The van der Waals surface area contributed by atoms with Crippen LogP contribution in [-0.2, 0) is 0 Å². The fraction of sp³-hybridized carbons (Fsp3) is 0. The minimum absolute atomic E-state index is 0.382. The molecule has 0 unspecified atom stereocenters. The molecular formula is C19H12Br2O2. The number of esters is 1. The summed E-state index contributed by atoms with van der Waals surface area (Å²) >= 11 is 6.75. The summed E-state index contributed by atoms with van der Waals surface area (Å²) in [5.74, 6) is 0.109. The highest BCUT2D eigenvalue weighted by atomic mass is 79.9. The first-order valence-corrected chi connectivity index (χ1v) is 8.55. The lowest BCUT2D eigenvalue weighted by Gasteiger charge is -2.07. The van der Waals surface area contributed by atoms with Gasteiger partial charge in [0.05, 0.1) is 10.0 Å². The molecule has 3 aromatic carbocycles. The van der Waals surface area contributed by atoms with Crippen molar-refractivity contribution in [2.45, 2.75) is 0 Å². The van der Waals surface area contributed by atoms with Crippen LogP contribution in [0, 0.1) is 0 Å². The lowest BCUT2D eigenvalue weighted by molar-refractivity contribution is 0.0733. The molecule has 0 N–H and O–H groups in total. The molecule has 0 atom stereocenters. The number of hydrogen-bond acceptors (Lipinski definition) is 2. The zero-order chi connectivity index (χ0) is 16.2. The van der Waals surface area contributed by atoms with Crippen molar-refractivity contribution in [1.82, 2.24) is 0 Å². The van der Waals surface area contributed by atoms with E-state index in [4.69, 9.17) is 4.74 Å². The number of rotatable bonds is 3. The van der Waals surface area contributed by atoms with E-state index in [0.717, 1.165) is 20.1 Å². The predicted octanol–water partition coefficient (Wildman–Crippen LogP) is 6.10. The van der Waals surface area contributed by atoms with Crippen LogP contribution in [0.25, 0.3) is 11.1 Å². The summed E-state index contributed by atoms with van der Waals surface area (Å²) in [6, 6.07) is 22.8. The maximum atomic E-state index is 12.2. The van der Waals surface area contributed by atoms with Gasteiger partial charge in [0.2, 0.25) is 0 Å². The lowest BCUT2D eigenvalue weighted by Crippen LogP contribution is -2.08. The van der Waals surface area contributed by atoms with Gasteiger partial charge in [-0.15, -0.1) is 0 Å². The topological polar surface area (TPSA) is 26.3 Å². The highest BCUT2D eigenvalue weighted by Gasteiger charge is 2.11. The maximum absolute atomic E-state index is 12.2. The average molecular weight is 432 g/mol. The third kappa shape index (κ3) is 3.89. The van der Waals surface area contributed by atoms with Gasteiger partial charge < -0.3 is 4.74 Å². The number of benzene rings is 3. The van der Waals surface area contributed by atoms with Gasteiger partial charge in [-0.3, -0.25) is 0 Å². The van der Waals surface area contributed by atoms with Crippen molar-refractivity contribution >= 4 is 37.8 Å². The average Bonchev–Trinajstić information content (AvgIpc) is 2.58. The van der Waals surface area contributed by atoms with Gasteiger partial charge in [0.25, 0.3) is 0 Å². The van der Waals surface area contributed by atoms with Crippen molar-refractivity contribution < 1.29 is 9.53 Å². The first-order chi connectivity index (χ1) is 11.1. The van der Waals surface area contributed by atoms with Crippen molar-refractivity contribution in [3.05, 3.63) is 87.3 Å². The second-order valence-electron chi connectivity index (χ2n) is 4.91. The molecular weight excluding hydrogens is 420 g/mol. The Morgan fingerprint density at radius 2 is 1.43 bits per heavy atom. The minimum atomic E-state index is -0.382. The van der Waals surface area contributed by atoms with Crippen molar-refractivity contribution in [1.29, 1.82) is 0 Å². The monoisotopic (exact) mass is 430 g/mol. The molecule has 0 saturated carbocycles. The van der Waals surface area contributed by atoms with Crippen LogP contribution < -0.4 is 4.74 Å². The van der Waals surface area contributed by atoms with Crippen molar-refractivity contribution in [2.75, 3.05) is 0 Å². The molecule has 0 amide bonds. The largest absolute Gasteiger partial charge is 0.422 e. The van der Waals surface area contributed by atoms with E-state index in [1.807, 2.05) is 54.6 Å². The molecule has 0 aromatic heterocycles. The van der Waals surface area contributed by atoms with Crippen LogP contribution in [-0.4, -0.2) is 5.97 Å². The summed E-state index contributed by atoms with van der Waals surface area (Å²) in [7, 11) is 0. The Balaban J connectivity index is 1.78. The molecule has 2 nitrogen and oxygen atoms in total. The smallest absolute Gasteiger partial charge is 0.343 e. The highest BCUT2D eigenvalue weighted by molar-refractivity contribution is 9.11. The molecule has 23 heavy (non-hydrogen) atoms. The molecule has 4 heteroatoms. The summed E-state index contributed by atoms with van der Waals surface area (Å²) in [4.78, 5) is 12.2. The molecule has 3 aromatic rings. The van der Waals surface area contributed by atoms with Gasteiger partial charge in [-0.1, -0.05) is 58.4 Å². The lowest BCUT2D eigenvalue weighted by atomic mass is 10.0. The first kappa shape index (κ1) is 16.0. The normalized spacial score (nSPS) is 10.3. The Morgan fingerprint density at radius 1 is 0.783 bits per heavy atom. The molecule has 0 spiro atoms. The highest BCUT2D eigenvalue weighted by Crippen LogP contribution is 2.29. The fourth-order valence-electron chi connectivity index (χ4n) is 2.15. The Bertz CT molecular complexity index is 828. The second-order valence-corrected chi connectivity index (χ2v) is 6.68. The molecule has 0 aliphatic heterocycles. The third-order valence-electron chi connectivity index (χ3n) is 3.32. The van der Waals surface area contributed by atoms with Crippen molar-refractivity contribution in [3.8, 4) is 16.9 Å². The van der Waals surface area contributed by atoms with Gasteiger partial charge in [-0.05, 0) is 57.4 Å². The Labute approximate surface area is 151 Å². The summed E-state index contributed by atoms with van der Waals surface area (Å²) in [5, 5.41) is 0. The van der Waals surface area contributed by atoms with E-state index in [0.29, 0.717) is 11.3 Å². The van der Waals surface area contributed by atoms with E-state index >= 15 is 0 Å². The first-order valence-electron chi connectivity index (χ1n) is 6.96. The quantitative estimate of drug-likeness (QED) is 0.370. The van der Waals surface area contributed by atoms with Gasteiger partial charge in [0.15, 0.2) is 0 Å². The van der Waals surface area contributed by atoms with Crippen LogP contribution in [0.2, 0.25) is 0 Å². The van der Waals surface area contributed by atoms with Gasteiger partial charge in [-0.25, -0.2) is 4.79 Å². The van der Waals surface area contributed by atoms with E-state index in [1.54, 1.807) is 18.2 Å². The van der Waals surface area contributed by atoms with E-state index in [-0.39, 0.29) is 5.97 Å². The number of carbonyl (C=O) groups excluding carboxylic acids is 1. The van der Waals surface area contributed by atoms with Crippen LogP contribution in [0.15, 0.2) is 81.7 Å². The molecule has 0 saturated heterocycles. The predicted molar refractivity (Wildman–Crippen MR) is 98.7 cm³/mol. The molecule has 114 valence electrons. The Morgan fingerprint density at radius 3 is 2.09 bits per heavy atom. The zero-order valence-corrected chi connectivity index (χ0v) is 15.2. The molecule has 3 rings (SSSR count). The van der Waals surface area contributed by atoms with Gasteiger partial charge in [0.1, 0.15) is 5.75 Å². The summed E-state index contributed by atoms with van der Waals surface area (Å²) < 4.78 is 7.06. The third-order valence-corrected chi connectivity index (χ3v) is 4.44. The summed E-state index contributed by atoms with van der Waals surface area (Å²) in [6.45, 7) is 0. The number of hydrogen-bond donors (Lipinski definition) is 0. The fourth-order valence-corrected chi connectivity index (χ4v) is 3.27. The van der Waals surface area contributed by atoms with Gasteiger partial charge in [-0.2, -0.15) is 0 Å².